The fourth-order valence-electron chi connectivity index (χ4n) is 3.67. The third-order valence-electron chi connectivity index (χ3n) is 5.31. The number of nitrogens with zero attached hydrogens (tertiary/aromatic N) is 1. The van der Waals surface area contributed by atoms with Gasteiger partial charge in [0.05, 0.1) is 6.10 Å². The highest BCUT2D eigenvalue weighted by atomic mass is 16.3. The van der Waals surface area contributed by atoms with Gasteiger partial charge in [-0.15, -0.1) is 0 Å². The van der Waals surface area contributed by atoms with Gasteiger partial charge in [-0.3, -0.25) is 4.90 Å². The zero-order valence-corrected chi connectivity index (χ0v) is 13.3. The number of aliphatic hydroxyl groups is 1. The Labute approximate surface area is 123 Å². The summed E-state index contributed by atoms with van der Waals surface area (Å²) in [6.45, 7) is 10.8. The second-order valence-electron chi connectivity index (χ2n) is 6.24. The molecule has 2 heteroatoms. The molecule has 1 aliphatic carbocycles. The first-order valence-electron chi connectivity index (χ1n) is 8.06. The van der Waals surface area contributed by atoms with Crippen LogP contribution in [0.15, 0.2) is 30.3 Å². The number of hydrogen-bond donors (Lipinski definition) is 1. The number of likely N-dealkylation sites (N-methyl/N-ethyl adjacent to an activating group) is 1. The molecule has 0 aromatic heterocycles. The summed E-state index contributed by atoms with van der Waals surface area (Å²) >= 11 is 0. The van der Waals surface area contributed by atoms with Gasteiger partial charge in [0, 0.05) is 5.54 Å². The van der Waals surface area contributed by atoms with Crippen molar-refractivity contribution in [1.29, 1.82) is 0 Å². The van der Waals surface area contributed by atoms with Crippen LogP contribution in [-0.2, 0) is 0 Å². The van der Waals surface area contributed by atoms with Crippen LogP contribution in [0.3, 0.4) is 0 Å². The maximum absolute atomic E-state index is 10.9. The molecule has 0 spiro atoms. The molecule has 0 aliphatic heterocycles. The van der Waals surface area contributed by atoms with Crippen LogP contribution in [-0.4, -0.2) is 34.7 Å². The van der Waals surface area contributed by atoms with Crippen LogP contribution in [0.5, 0.6) is 0 Å². The van der Waals surface area contributed by atoms with Crippen molar-refractivity contribution >= 4 is 0 Å². The summed E-state index contributed by atoms with van der Waals surface area (Å²) in [5.41, 5.74) is 1.28. The fourth-order valence-corrected chi connectivity index (χ4v) is 3.67. The molecule has 0 bridgehead atoms. The van der Waals surface area contributed by atoms with Crippen LogP contribution in [0, 0.1) is 5.92 Å². The highest BCUT2D eigenvalue weighted by molar-refractivity contribution is 5.27. The SMILES string of the molecule is CCN(CC)C(C)(CC)C(O)C1CC1c1ccccc1. The van der Waals surface area contributed by atoms with Crippen LogP contribution in [0.25, 0.3) is 0 Å². The lowest BCUT2D eigenvalue weighted by Crippen LogP contribution is -2.55. The molecule has 1 aromatic carbocycles. The summed E-state index contributed by atoms with van der Waals surface area (Å²) in [5.74, 6) is 0.968. The van der Waals surface area contributed by atoms with Crippen LogP contribution < -0.4 is 0 Å². The van der Waals surface area contributed by atoms with Crippen molar-refractivity contribution in [1.82, 2.24) is 4.90 Å². The lowest BCUT2D eigenvalue weighted by molar-refractivity contribution is -0.0323. The molecule has 112 valence electrons. The topological polar surface area (TPSA) is 23.5 Å². The normalized spacial score (nSPS) is 26.3. The van der Waals surface area contributed by atoms with Gasteiger partial charge < -0.3 is 5.11 Å². The minimum absolute atomic E-state index is 0.0995. The maximum Gasteiger partial charge on any atom is 0.0755 e. The van der Waals surface area contributed by atoms with Gasteiger partial charge in [0.1, 0.15) is 0 Å². The minimum atomic E-state index is -0.238. The quantitative estimate of drug-likeness (QED) is 0.821. The average molecular weight is 275 g/mol. The Balaban J connectivity index is 2.10. The van der Waals surface area contributed by atoms with E-state index in [0.717, 1.165) is 25.9 Å². The summed E-state index contributed by atoms with van der Waals surface area (Å²) in [5, 5.41) is 10.9. The predicted molar refractivity (Wildman–Crippen MR) is 84.9 cm³/mol. The van der Waals surface area contributed by atoms with Crippen LogP contribution in [0.4, 0.5) is 0 Å². The van der Waals surface area contributed by atoms with E-state index in [1.165, 1.54) is 5.56 Å². The van der Waals surface area contributed by atoms with Crippen molar-refractivity contribution < 1.29 is 5.11 Å². The van der Waals surface area contributed by atoms with Gasteiger partial charge in [-0.2, -0.15) is 0 Å². The van der Waals surface area contributed by atoms with Crippen molar-refractivity contribution in [3.8, 4) is 0 Å². The largest absolute Gasteiger partial charge is 0.391 e. The van der Waals surface area contributed by atoms with E-state index in [9.17, 15) is 5.11 Å². The molecule has 0 amide bonds. The van der Waals surface area contributed by atoms with E-state index >= 15 is 0 Å². The molecule has 20 heavy (non-hydrogen) atoms. The van der Waals surface area contributed by atoms with Gasteiger partial charge in [-0.25, -0.2) is 0 Å². The smallest absolute Gasteiger partial charge is 0.0755 e. The average Bonchev–Trinajstić information content (AvgIpc) is 3.28. The summed E-state index contributed by atoms with van der Waals surface area (Å²) in [6.07, 6.45) is 1.88. The van der Waals surface area contributed by atoms with Crippen molar-refractivity contribution in [3.05, 3.63) is 35.9 Å². The Morgan fingerprint density at radius 1 is 1.20 bits per heavy atom. The Bertz CT molecular complexity index is 415. The third kappa shape index (κ3) is 2.77. The Morgan fingerprint density at radius 3 is 2.30 bits per heavy atom. The summed E-state index contributed by atoms with van der Waals surface area (Å²) in [6, 6.07) is 10.6. The van der Waals surface area contributed by atoms with E-state index in [1.54, 1.807) is 0 Å². The van der Waals surface area contributed by atoms with E-state index in [2.05, 4.69) is 62.9 Å². The number of benzene rings is 1. The molecule has 0 radical (unpaired) electrons. The van der Waals surface area contributed by atoms with Gasteiger partial charge in [-0.1, -0.05) is 51.1 Å². The van der Waals surface area contributed by atoms with Crippen molar-refractivity contribution in [3.63, 3.8) is 0 Å². The summed E-state index contributed by atoms with van der Waals surface area (Å²) < 4.78 is 0. The van der Waals surface area contributed by atoms with Gasteiger partial charge in [0.25, 0.3) is 0 Å². The highest BCUT2D eigenvalue weighted by Gasteiger charge is 2.50. The molecule has 4 atom stereocenters. The predicted octanol–water partition coefficient (Wildman–Crippen LogP) is 3.66. The second kappa shape index (κ2) is 6.28. The summed E-state index contributed by atoms with van der Waals surface area (Å²) in [4.78, 5) is 2.41. The lowest BCUT2D eigenvalue weighted by Gasteiger charge is -2.43. The molecular weight excluding hydrogens is 246 g/mol. The third-order valence-corrected chi connectivity index (χ3v) is 5.31. The molecule has 2 nitrogen and oxygen atoms in total. The first kappa shape index (κ1) is 15.5. The van der Waals surface area contributed by atoms with E-state index in [0.29, 0.717) is 11.8 Å². The molecule has 1 aliphatic rings. The van der Waals surface area contributed by atoms with Gasteiger partial charge in [-0.05, 0) is 50.3 Å². The van der Waals surface area contributed by atoms with Gasteiger partial charge in [0.15, 0.2) is 0 Å². The van der Waals surface area contributed by atoms with E-state index in [4.69, 9.17) is 0 Å². The van der Waals surface area contributed by atoms with Crippen LogP contribution in [0.2, 0.25) is 0 Å². The number of rotatable bonds is 7. The van der Waals surface area contributed by atoms with Crippen LogP contribution >= 0.6 is 0 Å². The minimum Gasteiger partial charge on any atom is -0.391 e. The fraction of sp³-hybridized carbons (Fsp3) is 0.667. The highest BCUT2D eigenvalue weighted by Crippen LogP contribution is 2.52. The monoisotopic (exact) mass is 275 g/mol. The molecule has 1 aromatic rings. The van der Waals surface area contributed by atoms with Gasteiger partial charge >= 0.3 is 0 Å². The molecule has 1 fully saturated rings. The maximum atomic E-state index is 10.9. The summed E-state index contributed by atoms with van der Waals surface area (Å²) in [7, 11) is 0. The Kier molecular flexibility index (Phi) is 4.87. The molecule has 0 heterocycles. The number of hydrogen-bond acceptors (Lipinski definition) is 2. The number of aliphatic hydroxyl groups excluding tert-OH is 1. The molecule has 0 saturated heterocycles. The Morgan fingerprint density at radius 2 is 1.80 bits per heavy atom. The zero-order valence-electron chi connectivity index (χ0n) is 13.3. The molecule has 1 N–H and O–H groups in total. The van der Waals surface area contributed by atoms with Crippen molar-refractivity contribution in [2.24, 2.45) is 5.92 Å². The first-order valence-corrected chi connectivity index (χ1v) is 8.06. The first-order chi connectivity index (χ1) is 9.58. The van der Waals surface area contributed by atoms with E-state index < -0.39 is 0 Å². The van der Waals surface area contributed by atoms with E-state index in [1.807, 2.05) is 0 Å². The molecule has 4 unspecified atom stereocenters. The lowest BCUT2D eigenvalue weighted by atomic mass is 9.85. The zero-order chi connectivity index (χ0) is 14.8. The van der Waals surface area contributed by atoms with Crippen molar-refractivity contribution in [2.75, 3.05) is 13.1 Å². The van der Waals surface area contributed by atoms with E-state index in [-0.39, 0.29) is 11.6 Å². The standard InChI is InChI=1S/C18H29NO/c1-5-18(4,19(6-2)7-3)17(20)16-13-15(16)14-11-9-8-10-12-14/h8-12,15-17,20H,5-7,13H2,1-4H3. The second-order valence-corrected chi connectivity index (χ2v) is 6.24. The molecule has 1 saturated carbocycles. The van der Waals surface area contributed by atoms with Gasteiger partial charge in [0.2, 0.25) is 0 Å². The molecule has 2 rings (SSSR count). The van der Waals surface area contributed by atoms with Crippen LogP contribution in [0.1, 0.15) is 52.0 Å². The Hall–Kier alpha value is -0.860. The molecular formula is C18H29NO. The van der Waals surface area contributed by atoms with Crippen molar-refractivity contribution in [2.45, 2.75) is 58.1 Å².